The maximum absolute atomic E-state index is 13.1. The number of nitrogens with zero attached hydrogens (tertiary/aromatic N) is 3. The van der Waals surface area contributed by atoms with Crippen LogP contribution in [0.3, 0.4) is 0 Å². The fourth-order valence-electron chi connectivity index (χ4n) is 4.03. The SMILES string of the molecule is O=C(c1cnc(CN2CCCC2)s1)N(CC1CCC1)CC1CCCO1. The number of amides is 1. The lowest BCUT2D eigenvalue weighted by atomic mass is 9.85. The molecule has 3 aliphatic rings. The lowest BCUT2D eigenvalue weighted by Gasteiger charge is -2.33. The summed E-state index contributed by atoms with van der Waals surface area (Å²) < 4.78 is 5.78. The summed E-state index contributed by atoms with van der Waals surface area (Å²) in [4.78, 5) is 22.9. The highest BCUT2D eigenvalue weighted by Crippen LogP contribution is 2.29. The lowest BCUT2D eigenvalue weighted by molar-refractivity contribution is 0.0451. The Kier molecular flexibility index (Phi) is 5.68. The third kappa shape index (κ3) is 4.41. The van der Waals surface area contributed by atoms with Gasteiger partial charge in [-0.2, -0.15) is 0 Å². The number of hydrogen-bond donors (Lipinski definition) is 0. The van der Waals surface area contributed by atoms with Crippen LogP contribution in [0.15, 0.2) is 6.20 Å². The van der Waals surface area contributed by atoms with Gasteiger partial charge in [0.1, 0.15) is 9.88 Å². The molecule has 138 valence electrons. The van der Waals surface area contributed by atoms with Gasteiger partial charge in [-0.3, -0.25) is 9.69 Å². The van der Waals surface area contributed by atoms with E-state index in [1.807, 2.05) is 4.90 Å². The third-order valence-electron chi connectivity index (χ3n) is 5.76. The van der Waals surface area contributed by atoms with E-state index in [9.17, 15) is 4.79 Å². The molecule has 6 heteroatoms. The average Bonchev–Trinajstić information content (AvgIpc) is 3.32. The molecule has 4 rings (SSSR count). The topological polar surface area (TPSA) is 45.7 Å². The van der Waals surface area contributed by atoms with Crippen molar-refractivity contribution in [2.75, 3.05) is 32.8 Å². The molecule has 3 fully saturated rings. The van der Waals surface area contributed by atoms with E-state index in [-0.39, 0.29) is 12.0 Å². The van der Waals surface area contributed by atoms with Crippen LogP contribution in [0, 0.1) is 5.92 Å². The quantitative estimate of drug-likeness (QED) is 0.746. The molecule has 25 heavy (non-hydrogen) atoms. The number of carbonyl (C=O) groups is 1. The molecule has 0 N–H and O–H groups in total. The predicted molar refractivity (Wildman–Crippen MR) is 98.8 cm³/mol. The Hall–Kier alpha value is -0.980. The van der Waals surface area contributed by atoms with Gasteiger partial charge in [0.25, 0.3) is 5.91 Å². The zero-order valence-electron chi connectivity index (χ0n) is 15.0. The lowest BCUT2D eigenvalue weighted by Crippen LogP contribution is -2.41. The van der Waals surface area contributed by atoms with Crippen LogP contribution in [0.4, 0.5) is 0 Å². The molecule has 1 unspecified atom stereocenters. The highest BCUT2D eigenvalue weighted by Gasteiger charge is 2.29. The van der Waals surface area contributed by atoms with Gasteiger partial charge in [0, 0.05) is 19.7 Å². The maximum atomic E-state index is 13.1. The number of carbonyl (C=O) groups excluding carboxylic acids is 1. The Morgan fingerprint density at radius 1 is 1.20 bits per heavy atom. The summed E-state index contributed by atoms with van der Waals surface area (Å²) in [5.41, 5.74) is 0. The largest absolute Gasteiger partial charge is 0.376 e. The van der Waals surface area contributed by atoms with E-state index in [1.54, 1.807) is 17.5 Å². The smallest absolute Gasteiger partial charge is 0.265 e. The zero-order chi connectivity index (χ0) is 17.1. The number of aromatic nitrogens is 1. The fraction of sp³-hybridized carbons (Fsp3) is 0.789. The normalized spacial score (nSPS) is 24.6. The second kappa shape index (κ2) is 8.14. The first-order valence-electron chi connectivity index (χ1n) is 9.86. The minimum absolute atomic E-state index is 0.160. The summed E-state index contributed by atoms with van der Waals surface area (Å²) >= 11 is 1.58. The van der Waals surface area contributed by atoms with Crippen LogP contribution in [0.2, 0.25) is 0 Å². The number of likely N-dealkylation sites (tertiary alicyclic amines) is 1. The number of hydrogen-bond acceptors (Lipinski definition) is 5. The molecule has 1 saturated carbocycles. The van der Waals surface area contributed by atoms with Crippen molar-refractivity contribution in [2.24, 2.45) is 5.92 Å². The van der Waals surface area contributed by atoms with E-state index in [2.05, 4.69) is 9.88 Å². The molecule has 1 aliphatic carbocycles. The first-order chi connectivity index (χ1) is 12.3. The Morgan fingerprint density at radius 2 is 2.04 bits per heavy atom. The molecular weight excluding hydrogens is 334 g/mol. The number of ether oxygens (including phenoxy) is 1. The molecule has 1 aromatic heterocycles. The maximum Gasteiger partial charge on any atom is 0.265 e. The van der Waals surface area contributed by atoms with Gasteiger partial charge in [-0.05, 0) is 57.5 Å². The molecule has 0 radical (unpaired) electrons. The molecule has 5 nitrogen and oxygen atoms in total. The van der Waals surface area contributed by atoms with Gasteiger partial charge in [-0.15, -0.1) is 11.3 Å². The Morgan fingerprint density at radius 3 is 2.72 bits per heavy atom. The van der Waals surface area contributed by atoms with Crippen molar-refractivity contribution in [1.29, 1.82) is 0 Å². The van der Waals surface area contributed by atoms with Crippen molar-refractivity contribution in [3.63, 3.8) is 0 Å². The van der Waals surface area contributed by atoms with Crippen LogP contribution in [0.25, 0.3) is 0 Å². The van der Waals surface area contributed by atoms with Gasteiger partial charge in [-0.25, -0.2) is 4.98 Å². The molecule has 3 heterocycles. The molecule has 2 aliphatic heterocycles. The summed E-state index contributed by atoms with van der Waals surface area (Å²) in [6.07, 6.45) is 10.6. The summed E-state index contributed by atoms with van der Waals surface area (Å²) in [5, 5.41) is 1.07. The second-order valence-electron chi connectivity index (χ2n) is 7.74. The van der Waals surface area contributed by atoms with Gasteiger partial charge < -0.3 is 9.64 Å². The van der Waals surface area contributed by atoms with Crippen LogP contribution < -0.4 is 0 Å². The molecule has 0 bridgehead atoms. The average molecular weight is 364 g/mol. The van der Waals surface area contributed by atoms with Crippen molar-refractivity contribution in [3.05, 3.63) is 16.1 Å². The van der Waals surface area contributed by atoms with Crippen molar-refractivity contribution >= 4 is 17.2 Å². The van der Waals surface area contributed by atoms with Crippen molar-refractivity contribution < 1.29 is 9.53 Å². The Bertz CT molecular complexity index is 575. The summed E-state index contributed by atoms with van der Waals surface area (Å²) in [5.74, 6) is 0.843. The van der Waals surface area contributed by atoms with Crippen LogP contribution in [0.5, 0.6) is 0 Å². The molecule has 0 spiro atoms. The zero-order valence-corrected chi connectivity index (χ0v) is 15.8. The first kappa shape index (κ1) is 17.4. The summed E-state index contributed by atoms with van der Waals surface area (Å²) in [6, 6.07) is 0. The predicted octanol–water partition coefficient (Wildman–Crippen LogP) is 3.16. The van der Waals surface area contributed by atoms with Crippen LogP contribution in [0.1, 0.15) is 59.6 Å². The van der Waals surface area contributed by atoms with Crippen LogP contribution >= 0.6 is 11.3 Å². The van der Waals surface area contributed by atoms with Gasteiger partial charge in [-0.1, -0.05) is 6.42 Å². The van der Waals surface area contributed by atoms with E-state index >= 15 is 0 Å². The highest BCUT2D eigenvalue weighted by atomic mass is 32.1. The summed E-state index contributed by atoms with van der Waals surface area (Å²) in [6.45, 7) is 5.70. The molecule has 1 atom stereocenters. The van der Waals surface area contributed by atoms with Crippen molar-refractivity contribution in [2.45, 2.75) is 57.6 Å². The molecule has 1 aromatic rings. The van der Waals surface area contributed by atoms with E-state index < -0.39 is 0 Å². The van der Waals surface area contributed by atoms with Crippen molar-refractivity contribution in [3.8, 4) is 0 Å². The van der Waals surface area contributed by atoms with Crippen LogP contribution in [-0.2, 0) is 11.3 Å². The monoisotopic (exact) mass is 363 g/mol. The van der Waals surface area contributed by atoms with Crippen LogP contribution in [-0.4, -0.2) is 59.6 Å². The minimum atomic E-state index is 0.160. The Labute approximate surface area is 154 Å². The van der Waals surface area contributed by atoms with Gasteiger partial charge >= 0.3 is 0 Å². The Balaban J connectivity index is 1.40. The molecule has 1 amide bonds. The summed E-state index contributed by atoms with van der Waals surface area (Å²) in [7, 11) is 0. The first-order valence-corrected chi connectivity index (χ1v) is 10.7. The standard InChI is InChI=1S/C19H29N3O2S/c23-19(17-11-20-18(25-17)14-21-8-1-2-9-21)22(12-15-5-3-6-15)13-16-7-4-10-24-16/h11,15-16H,1-10,12-14H2. The van der Waals surface area contributed by atoms with Crippen molar-refractivity contribution in [1.82, 2.24) is 14.8 Å². The number of rotatable bonds is 7. The van der Waals surface area contributed by atoms with E-state index in [0.717, 1.165) is 62.1 Å². The van der Waals surface area contributed by atoms with Gasteiger partial charge in [0.2, 0.25) is 0 Å². The van der Waals surface area contributed by atoms with Gasteiger partial charge in [0.15, 0.2) is 0 Å². The minimum Gasteiger partial charge on any atom is -0.376 e. The van der Waals surface area contributed by atoms with E-state index in [0.29, 0.717) is 5.92 Å². The second-order valence-corrected chi connectivity index (χ2v) is 8.86. The fourth-order valence-corrected chi connectivity index (χ4v) is 4.96. The molecule has 2 saturated heterocycles. The third-order valence-corrected chi connectivity index (χ3v) is 6.73. The number of thiazole rings is 1. The molecule has 0 aromatic carbocycles. The molecular formula is C19H29N3O2S. The van der Waals surface area contributed by atoms with E-state index in [4.69, 9.17) is 4.74 Å². The highest BCUT2D eigenvalue weighted by molar-refractivity contribution is 7.13. The van der Waals surface area contributed by atoms with Gasteiger partial charge in [0.05, 0.1) is 18.8 Å². The van der Waals surface area contributed by atoms with E-state index in [1.165, 1.54) is 32.1 Å².